The van der Waals surface area contributed by atoms with E-state index in [1.54, 1.807) is 18.2 Å². The largest absolute Gasteiger partial charge is 0.349 e. The Balaban J connectivity index is 1.63. The van der Waals surface area contributed by atoms with Crippen molar-refractivity contribution in [2.45, 2.75) is 44.7 Å². The van der Waals surface area contributed by atoms with Gasteiger partial charge >= 0.3 is 0 Å². The Hall–Kier alpha value is -2.18. The van der Waals surface area contributed by atoms with Crippen molar-refractivity contribution >= 4 is 28.8 Å². The van der Waals surface area contributed by atoms with Gasteiger partial charge < -0.3 is 16.4 Å². The minimum Gasteiger partial charge on any atom is -0.349 e. The standard InChI is InChI=1S/C19H23N3O2S/c1-12-11-13(18(23)21-15-7-5-14(20)6-8-15)4-9-16(12)22-19(24)17-3-2-10-25-17/h2-4,9-11,14-15H,5-8,20H2,1H3,(H,21,23)(H,22,24). The molecule has 1 heterocycles. The number of hydrogen-bond donors (Lipinski definition) is 3. The topological polar surface area (TPSA) is 84.2 Å². The number of anilines is 1. The summed E-state index contributed by atoms with van der Waals surface area (Å²) in [6.07, 6.45) is 3.77. The molecule has 0 aliphatic heterocycles. The average Bonchev–Trinajstić information content (AvgIpc) is 3.13. The van der Waals surface area contributed by atoms with Crippen molar-refractivity contribution in [1.29, 1.82) is 0 Å². The third kappa shape index (κ3) is 4.46. The van der Waals surface area contributed by atoms with Crippen LogP contribution in [0, 0.1) is 6.92 Å². The lowest BCUT2D eigenvalue weighted by Gasteiger charge is -2.26. The third-order valence-corrected chi connectivity index (χ3v) is 5.46. The van der Waals surface area contributed by atoms with Gasteiger partial charge in [-0.05, 0) is 67.8 Å². The van der Waals surface area contributed by atoms with E-state index in [2.05, 4.69) is 10.6 Å². The number of carbonyl (C=O) groups is 2. The third-order valence-electron chi connectivity index (χ3n) is 4.59. The highest BCUT2D eigenvalue weighted by Crippen LogP contribution is 2.21. The zero-order valence-corrected chi connectivity index (χ0v) is 15.1. The Labute approximate surface area is 151 Å². The van der Waals surface area contributed by atoms with Crippen LogP contribution in [0.4, 0.5) is 5.69 Å². The van der Waals surface area contributed by atoms with Crippen LogP contribution in [0.15, 0.2) is 35.7 Å². The zero-order valence-electron chi connectivity index (χ0n) is 14.2. The average molecular weight is 357 g/mol. The van der Waals surface area contributed by atoms with E-state index in [0.717, 1.165) is 36.9 Å². The quantitative estimate of drug-likeness (QED) is 0.785. The van der Waals surface area contributed by atoms with Crippen molar-refractivity contribution in [1.82, 2.24) is 5.32 Å². The first-order valence-electron chi connectivity index (χ1n) is 8.55. The lowest BCUT2D eigenvalue weighted by molar-refractivity contribution is 0.0925. The van der Waals surface area contributed by atoms with Crippen LogP contribution in [-0.4, -0.2) is 23.9 Å². The second-order valence-electron chi connectivity index (χ2n) is 6.55. The van der Waals surface area contributed by atoms with Gasteiger partial charge in [-0.1, -0.05) is 6.07 Å². The summed E-state index contributed by atoms with van der Waals surface area (Å²) in [5, 5.41) is 7.84. The highest BCUT2D eigenvalue weighted by molar-refractivity contribution is 7.12. The molecule has 1 aliphatic rings. The maximum absolute atomic E-state index is 12.4. The zero-order chi connectivity index (χ0) is 17.8. The summed E-state index contributed by atoms with van der Waals surface area (Å²) in [7, 11) is 0. The molecule has 2 aromatic rings. The van der Waals surface area contributed by atoms with E-state index >= 15 is 0 Å². The lowest BCUT2D eigenvalue weighted by Crippen LogP contribution is -2.40. The number of rotatable bonds is 4. The summed E-state index contributed by atoms with van der Waals surface area (Å²) in [4.78, 5) is 25.2. The first kappa shape index (κ1) is 17.6. The molecule has 132 valence electrons. The molecule has 1 saturated carbocycles. The van der Waals surface area contributed by atoms with Crippen molar-refractivity contribution < 1.29 is 9.59 Å². The van der Waals surface area contributed by atoms with Crippen molar-refractivity contribution in [3.05, 3.63) is 51.7 Å². The predicted octanol–water partition coefficient (Wildman–Crippen LogP) is 3.31. The number of benzene rings is 1. The van der Waals surface area contributed by atoms with Gasteiger partial charge in [0, 0.05) is 23.3 Å². The highest BCUT2D eigenvalue weighted by Gasteiger charge is 2.20. The molecule has 1 aromatic carbocycles. The van der Waals surface area contributed by atoms with Gasteiger partial charge in [0.15, 0.2) is 0 Å². The number of nitrogens with one attached hydrogen (secondary N) is 2. The SMILES string of the molecule is Cc1cc(C(=O)NC2CCC(N)CC2)ccc1NC(=O)c1cccs1. The molecule has 1 aliphatic carbocycles. The maximum atomic E-state index is 12.4. The molecule has 1 aromatic heterocycles. The number of aryl methyl sites for hydroxylation is 1. The number of amides is 2. The summed E-state index contributed by atoms with van der Waals surface area (Å²) in [6.45, 7) is 1.89. The molecule has 0 spiro atoms. The van der Waals surface area contributed by atoms with Crippen LogP contribution in [0.5, 0.6) is 0 Å². The van der Waals surface area contributed by atoms with Crippen LogP contribution < -0.4 is 16.4 Å². The Morgan fingerprint density at radius 3 is 2.52 bits per heavy atom. The van der Waals surface area contributed by atoms with E-state index in [-0.39, 0.29) is 23.9 Å². The fraction of sp³-hybridized carbons (Fsp3) is 0.368. The summed E-state index contributed by atoms with van der Waals surface area (Å²) in [5.41, 5.74) is 8.10. The fourth-order valence-electron chi connectivity index (χ4n) is 3.07. The highest BCUT2D eigenvalue weighted by atomic mass is 32.1. The molecule has 4 N–H and O–H groups in total. The van der Waals surface area contributed by atoms with Crippen molar-refractivity contribution in [3.8, 4) is 0 Å². The Bertz CT molecular complexity index is 750. The van der Waals surface area contributed by atoms with Crippen LogP contribution in [0.3, 0.4) is 0 Å². The van der Waals surface area contributed by atoms with Gasteiger partial charge in [0.1, 0.15) is 0 Å². The van der Waals surface area contributed by atoms with Crippen LogP contribution in [0.1, 0.15) is 51.3 Å². The van der Waals surface area contributed by atoms with E-state index in [0.29, 0.717) is 10.4 Å². The second-order valence-corrected chi connectivity index (χ2v) is 7.49. The molecule has 0 saturated heterocycles. The van der Waals surface area contributed by atoms with Crippen molar-refractivity contribution in [2.24, 2.45) is 5.73 Å². The number of nitrogens with two attached hydrogens (primary N) is 1. The van der Waals surface area contributed by atoms with Crippen LogP contribution in [0.2, 0.25) is 0 Å². The molecule has 0 radical (unpaired) electrons. The number of hydrogen-bond acceptors (Lipinski definition) is 4. The van der Waals surface area contributed by atoms with Crippen molar-refractivity contribution in [3.63, 3.8) is 0 Å². The van der Waals surface area contributed by atoms with E-state index in [9.17, 15) is 9.59 Å². The Morgan fingerprint density at radius 2 is 1.88 bits per heavy atom. The summed E-state index contributed by atoms with van der Waals surface area (Å²) in [6, 6.07) is 9.44. The Morgan fingerprint density at radius 1 is 1.12 bits per heavy atom. The fourth-order valence-corrected chi connectivity index (χ4v) is 3.69. The monoisotopic (exact) mass is 357 g/mol. The Kier molecular flexibility index (Phi) is 5.50. The minimum absolute atomic E-state index is 0.0697. The van der Waals surface area contributed by atoms with Gasteiger partial charge in [0.05, 0.1) is 4.88 Å². The van der Waals surface area contributed by atoms with Gasteiger partial charge in [-0.3, -0.25) is 9.59 Å². The van der Waals surface area contributed by atoms with Gasteiger partial charge in [-0.25, -0.2) is 0 Å². The normalized spacial score (nSPS) is 20.1. The molecule has 2 amide bonds. The molecule has 25 heavy (non-hydrogen) atoms. The maximum Gasteiger partial charge on any atom is 0.265 e. The van der Waals surface area contributed by atoms with E-state index in [1.807, 2.05) is 24.4 Å². The second kappa shape index (κ2) is 7.80. The first-order chi connectivity index (χ1) is 12.0. The minimum atomic E-state index is -0.131. The van der Waals surface area contributed by atoms with E-state index < -0.39 is 0 Å². The van der Waals surface area contributed by atoms with Gasteiger partial charge in [0.2, 0.25) is 0 Å². The molecule has 5 nitrogen and oxygen atoms in total. The van der Waals surface area contributed by atoms with Gasteiger partial charge in [-0.2, -0.15) is 0 Å². The van der Waals surface area contributed by atoms with Gasteiger partial charge in [-0.15, -0.1) is 11.3 Å². The molecule has 3 rings (SSSR count). The molecular formula is C19H23N3O2S. The van der Waals surface area contributed by atoms with E-state index in [1.165, 1.54) is 11.3 Å². The van der Waals surface area contributed by atoms with Crippen LogP contribution in [-0.2, 0) is 0 Å². The summed E-state index contributed by atoms with van der Waals surface area (Å²) in [5.74, 6) is -0.200. The van der Waals surface area contributed by atoms with Crippen LogP contribution >= 0.6 is 11.3 Å². The molecule has 0 bridgehead atoms. The van der Waals surface area contributed by atoms with E-state index in [4.69, 9.17) is 5.73 Å². The number of thiophene rings is 1. The molecule has 1 fully saturated rings. The number of carbonyl (C=O) groups excluding carboxylic acids is 2. The first-order valence-corrected chi connectivity index (χ1v) is 9.43. The molecular weight excluding hydrogens is 334 g/mol. The van der Waals surface area contributed by atoms with Gasteiger partial charge in [0.25, 0.3) is 11.8 Å². The molecule has 0 atom stereocenters. The lowest BCUT2D eigenvalue weighted by atomic mass is 9.91. The van der Waals surface area contributed by atoms with Crippen molar-refractivity contribution in [2.75, 3.05) is 5.32 Å². The summed E-state index contributed by atoms with van der Waals surface area (Å²) >= 11 is 1.40. The smallest absolute Gasteiger partial charge is 0.265 e. The van der Waals surface area contributed by atoms with Crippen LogP contribution in [0.25, 0.3) is 0 Å². The molecule has 6 heteroatoms. The predicted molar refractivity (Wildman–Crippen MR) is 101 cm³/mol. The molecule has 0 unspecified atom stereocenters. The summed E-state index contributed by atoms with van der Waals surface area (Å²) < 4.78 is 0.